The molecule has 2 aliphatic heterocycles. The van der Waals surface area contributed by atoms with Crippen LogP contribution in [0.5, 0.6) is 0 Å². The van der Waals surface area contributed by atoms with Gasteiger partial charge in [-0.3, -0.25) is 9.59 Å². The van der Waals surface area contributed by atoms with Crippen molar-refractivity contribution in [3.05, 3.63) is 35.5 Å². The quantitative estimate of drug-likeness (QED) is 0.918. The number of carbonyl (C=O) groups excluding carboxylic acids is 2. The maximum atomic E-state index is 12.9. The molecule has 0 spiro atoms. The Bertz CT molecular complexity index is 813. The molecule has 0 aliphatic carbocycles. The molecule has 132 valence electrons. The van der Waals surface area contributed by atoms with Crippen molar-refractivity contribution >= 4 is 22.7 Å². The van der Waals surface area contributed by atoms with Crippen LogP contribution >= 0.6 is 0 Å². The lowest BCUT2D eigenvalue weighted by Crippen LogP contribution is -2.40. The SMILES string of the molecule is COCCN1CC(C(=O)N2CCc3c([nH]c4ccccc34)C2)CC1=O. The van der Waals surface area contributed by atoms with Gasteiger partial charge in [-0.25, -0.2) is 0 Å². The maximum absolute atomic E-state index is 12.9. The number of aromatic nitrogens is 1. The number of likely N-dealkylation sites (tertiary alicyclic amines) is 1. The van der Waals surface area contributed by atoms with Crippen LogP contribution in [0, 0.1) is 5.92 Å². The predicted molar refractivity (Wildman–Crippen MR) is 94.0 cm³/mol. The van der Waals surface area contributed by atoms with Gasteiger partial charge in [0.2, 0.25) is 11.8 Å². The van der Waals surface area contributed by atoms with Crippen LogP contribution in [0.3, 0.4) is 0 Å². The molecule has 1 aromatic carbocycles. The van der Waals surface area contributed by atoms with Crippen LogP contribution in [0.2, 0.25) is 0 Å². The van der Waals surface area contributed by atoms with E-state index in [1.165, 1.54) is 10.9 Å². The van der Waals surface area contributed by atoms with Crippen molar-refractivity contribution in [1.82, 2.24) is 14.8 Å². The second-order valence-corrected chi connectivity index (χ2v) is 6.87. The molecule has 6 heteroatoms. The summed E-state index contributed by atoms with van der Waals surface area (Å²) < 4.78 is 5.04. The lowest BCUT2D eigenvalue weighted by atomic mass is 10.0. The number of nitrogens with zero attached hydrogens (tertiary/aromatic N) is 2. The molecule has 1 fully saturated rings. The standard InChI is InChI=1S/C19H23N3O3/c1-25-9-8-21-11-13(10-18(21)23)19(24)22-7-6-15-14-4-2-3-5-16(14)20-17(15)12-22/h2-5,13,20H,6-12H2,1H3. The molecule has 25 heavy (non-hydrogen) atoms. The number of para-hydroxylation sites is 1. The zero-order chi connectivity index (χ0) is 17.4. The van der Waals surface area contributed by atoms with Crippen molar-refractivity contribution in [2.24, 2.45) is 5.92 Å². The minimum atomic E-state index is -0.227. The Morgan fingerprint density at radius 2 is 2.20 bits per heavy atom. The summed E-state index contributed by atoms with van der Waals surface area (Å²) in [6.07, 6.45) is 1.18. The third kappa shape index (κ3) is 2.91. The number of carbonyl (C=O) groups is 2. The van der Waals surface area contributed by atoms with Gasteiger partial charge in [-0.1, -0.05) is 18.2 Å². The van der Waals surface area contributed by atoms with Gasteiger partial charge in [-0.2, -0.15) is 0 Å². The second kappa shape index (κ2) is 6.52. The molecule has 6 nitrogen and oxygen atoms in total. The van der Waals surface area contributed by atoms with Gasteiger partial charge in [-0.05, 0) is 18.1 Å². The summed E-state index contributed by atoms with van der Waals surface area (Å²) in [5.74, 6) is -0.0773. The van der Waals surface area contributed by atoms with E-state index in [9.17, 15) is 9.59 Å². The number of benzene rings is 1. The topological polar surface area (TPSA) is 65.6 Å². The number of nitrogens with one attached hydrogen (secondary N) is 1. The normalized spacial score (nSPS) is 20.4. The van der Waals surface area contributed by atoms with E-state index in [1.54, 1.807) is 12.0 Å². The van der Waals surface area contributed by atoms with E-state index in [0.717, 1.165) is 24.2 Å². The Kier molecular flexibility index (Phi) is 4.21. The molecule has 1 unspecified atom stereocenters. The molecule has 0 saturated carbocycles. The molecule has 0 radical (unpaired) electrons. The smallest absolute Gasteiger partial charge is 0.228 e. The zero-order valence-electron chi connectivity index (χ0n) is 14.5. The number of H-pyrrole nitrogens is 1. The number of hydrogen-bond donors (Lipinski definition) is 1. The fourth-order valence-electron chi connectivity index (χ4n) is 3.99. The number of ether oxygens (including phenoxy) is 1. The summed E-state index contributed by atoms with van der Waals surface area (Å²) in [5, 5.41) is 1.26. The van der Waals surface area contributed by atoms with E-state index in [4.69, 9.17) is 4.74 Å². The summed E-state index contributed by atoms with van der Waals surface area (Å²) in [7, 11) is 1.62. The first-order chi connectivity index (χ1) is 12.2. The van der Waals surface area contributed by atoms with E-state index >= 15 is 0 Å². The fourth-order valence-corrected chi connectivity index (χ4v) is 3.99. The summed E-state index contributed by atoms with van der Waals surface area (Å²) in [5.41, 5.74) is 3.58. The number of rotatable bonds is 4. The largest absolute Gasteiger partial charge is 0.383 e. The molecular formula is C19H23N3O3. The van der Waals surface area contributed by atoms with Crippen LogP contribution in [-0.2, 0) is 27.3 Å². The highest BCUT2D eigenvalue weighted by molar-refractivity contribution is 5.90. The van der Waals surface area contributed by atoms with Gasteiger partial charge in [0.1, 0.15) is 0 Å². The predicted octanol–water partition coefficient (Wildman–Crippen LogP) is 1.55. The number of fused-ring (bicyclic) bond motifs is 3. The first-order valence-corrected chi connectivity index (χ1v) is 8.81. The van der Waals surface area contributed by atoms with Crippen LogP contribution in [0.15, 0.2) is 24.3 Å². The van der Waals surface area contributed by atoms with Gasteiger partial charge in [0.05, 0.1) is 19.1 Å². The molecule has 1 atom stereocenters. The average Bonchev–Trinajstić information content (AvgIpc) is 3.19. The molecule has 1 N–H and O–H groups in total. The van der Waals surface area contributed by atoms with E-state index in [1.807, 2.05) is 17.0 Å². The third-order valence-corrected chi connectivity index (χ3v) is 5.32. The van der Waals surface area contributed by atoms with Gasteiger partial charge in [-0.15, -0.1) is 0 Å². The fraction of sp³-hybridized carbons (Fsp3) is 0.474. The summed E-state index contributed by atoms with van der Waals surface area (Å²) in [4.78, 5) is 32.1. The van der Waals surface area contributed by atoms with Crippen molar-refractivity contribution in [3.63, 3.8) is 0 Å². The summed E-state index contributed by atoms with van der Waals surface area (Å²) in [6, 6.07) is 8.27. The lowest BCUT2D eigenvalue weighted by Gasteiger charge is -2.29. The van der Waals surface area contributed by atoms with Crippen molar-refractivity contribution in [3.8, 4) is 0 Å². The van der Waals surface area contributed by atoms with Gasteiger partial charge in [0, 0.05) is 49.8 Å². The molecule has 3 heterocycles. The highest BCUT2D eigenvalue weighted by Crippen LogP contribution is 2.29. The van der Waals surface area contributed by atoms with Crippen LogP contribution in [-0.4, -0.2) is 59.9 Å². The summed E-state index contributed by atoms with van der Waals surface area (Å²) in [6.45, 7) is 2.90. The Morgan fingerprint density at radius 3 is 3.04 bits per heavy atom. The first-order valence-electron chi connectivity index (χ1n) is 8.81. The maximum Gasteiger partial charge on any atom is 0.228 e. The molecule has 0 bridgehead atoms. The highest BCUT2D eigenvalue weighted by Gasteiger charge is 2.37. The Hall–Kier alpha value is -2.34. The average molecular weight is 341 g/mol. The van der Waals surface area contributed by atoms with Crippen molar-refractivity contribution < 1.29 is 14.3 Å². The van der Waals surface area contributed by atoms with Crippen molar-refractivity contribution in [1.29, 1.82) is 0 Å². The van der Waals surface area contributed by atoms with E-state index in [2.05, 4.69) is 17.1 Å². The number of aromatic amines is 1. The van der Waals surface area contributed by atoms with Gasteiger partial charge >= 0.3 is 0 Å². The third-order valence-electron chi connectivity index (χ3n) is 5.32. The number of methoxy groups -OCH3 is 1. The first kappa shape index (κ1) is 16.1. The second-order valence-electron chi connectivity index (χ2n) is 6.87. The Morgan fingerprint density at radius 1 is 1.36 bits per heavy atom. The van der Waals surface area contributed by atoms with E-state index < -0.39 is 0 Å². The van der Waals surface area contributed by atoms with Crippen LogP contribution < -0.4 is 0 Å². The molecule has 1 aromatic heterocycles. The minimum absolute atomic E-state index is 0.0544. The summed E-state index contributed by atoms with van der Waals surface area (Å²) >= 11 is 0. The van der Waals surface area contributed by atoms with Gasteiger partial charge in [0.15, 0.2) is 0 Å². The van der Waals surface area contributed by atoms with E-state index in [0.29, 0.717) is 32.7 Å². The van der Waals surface area contributed by atoms with Gasteiger partial charge < -0.3 is 19.5 Å². The zero-order valence-corrected chi connectivity index (χ0v) is 14.5. The Balaban J connectivity index is 1.46. The highest BCUT2D eigenvalue weighted by atomic mass is 16.5. The van der Waals surface area contributed by atoms with Crippen molar-refractivity contribution in [2.75, 3.05) is 33.4 Å². The van der Waals surface area contributed by atoms with Crippen molar-refractivity contribution in [2.45, 2.75) is 19.4 Å². The molecule has 1 saturated heterocycles. The van der Waals surface area contributed by atoms with E-state index in [-0.39, 0.29) is 17.7 Å². The van der Waals surface area contributed by atoms with Crippen LogP contribution in [0.4, 0.5) is 0 Å². The molecule has 2 amide bonds. The Labute approximate surface area is 146 Å². The monoisotopic (exact) mass is 341 g/mol. The molecule has 2 aromatic rings. The van der Waals surface area contributed by atoms with Crippen LogP contribution in [0.1, 0.15) is 17.7 Å². The van der Waals surface area contributed by atoms with Gasteiger partial charge in [0.25, 0.3) is 0 Å². The minimum Gasteiger partial charge on any atom is -0.383 e. The van der Waals surface area contributed by atoms with Crippen LogP contribution in [0.25, 0.3) is 10.9 Å². The molecular weight excluding hydrogens is 318 g/mol. The lowest BCUT2D eigenvalue weighted by molar-refractivity contribution is -0.136. The number of amides is 2. The number of hydrogen-bond acceptors (Lipinski definition) is 3. The molecule has 2 aliphatic rings. The molecule has 4 rings (SSSR count).